The van der Waals surface area contributed by atoms with Gasteiger partial charge in [0.15, 0.2) is 5.78 Å². The molecule has 1 N–H and O–H groups in total. The number of rotatable bonds is 0. The second-order valence-corrected chi connectivity index (χ2v) is 3.19. The molecule has 2 nitrogen and oxygen atoms in total. The molecule has 1 rings (SSSR count). The number of hydrogen-bond donors (Lipinski definition) is 1. The minimum Gasteiger partial charge on any atom is -0.378 e. The summed E-state index contributed by atoms with van der Waals surface area (Å²) in [4.78, 5) is 11.2. The molecule has 1 unspecified atom stereocenters. The lowest BCUT2D eigenvalue weighted by Crippen LogP contribution is -2.35. The van der Waals surface area contributed by atoms with Crippen molar-refractivity contribution in [2.24, 2.45) is 0 Å². The second-order valence-electron chi connectivity index (χ2n) is 3.19. The third-order valence-corrected chi connectivity index (χ3v) is 1.77. The number of allylic oxidation sites excluding steroid dienone is 2. The molecule has 0 saturated heterocycles. The highest BCUT2D eigenvalue weighted by atomic mass is 16.3. The molecule has 0 saturated carbocycles. The van der Waals surface area contributed by atoms with E-state index >= 15 is 0 Å². The van der Waals surface area contributed by atoms with Gasteiger partial charge >= 0.3 is 0 Å². The monoisotopic (exact) mass is 152 g/mol. The van der Waals surface area contributed by atoms with Gasteiger partial charge in [0.2, 0.25) is 0 Å². The summed E-state index contributed by atoms with van der Waals surface area (Å²) in [6.07, 6.45) is 3.35. The van der Waals surface area contributed by atoms with Gasteiger partial charge in [-0.25, -0.2) is 0 Å². The van der Waals surface area contributed by atoms with Crippen LogP contribution in [0.1, 0.15) is 20.8 Å². The molecule has 1 atom stereocenters. The smallest absolute Gasteiger partial charge is 0.193 e. The molecule has 60 valence electrons. The first-order chi connectivity index (χ1) is 4.93. The summed E-state index contributed by atoms with van der Waals surface area (Å²) in [5.74, 6) is -0.205. The van der Waals surface area contributed by atoms with E-state index in [2.05, 4.69) is 0 Å². The molecular formula is C9H12O2. The third-order valence-electron chi connectivity index (χ3n) is 1.77. The van der Waals surface area contributed by atoms with Crippen molar-refractivity contribution in [3.05, 3.63) is 23.3 Å². The molecule has 0 bridgehead atoms. The summed E-state index contributed by atoms with van der Waals surface area (Å²) < 4.78 is 0. The van der Waals surface area contributed by atoms with E-state index in [1.807, 2.05) is 6.92 Å². The Bertz CT molecular complexity index is 257. The quantitative estimate of drug-likeness (QED) is 0.566. The number of aliphatic hydroxyl groups is 1. The Balaban J connectivity index is 3.11. The molecule has 0 amide bonds. The average molecular weight is 152 g/mol. The molecule has 0 aromatic carbocycles. The Labute approximate surface area is 66.2 Å². The van der Waals surface area contributed by atoms with Crippen molar-refractivity contribution < 1.29 is 9.90 Å². The molecule has 0 spiro atoms. The van der Waals surface area contributed by atoms with Crippen molar-refractivity contribution in [1.29, 1.82) is 0 Å². The van der Waals surface area contributed by atoms with Crippen molar-refractivity contribution in [2.45, 2.75) is 26.4 Å². The Morgan fingerprint density at radius 3 is 2.45 bits per heavy atom. The highest BCUT2D eigenvalue weighted by Crippen LogP contribution is 2.21. The molecule has 0 radical (unpaired) electrons. The highest BCUT2D eigenvalue weighted by molar-refractivity contribution is 6.04. The zero-order valence-corrected chi connectivity index (χ0v) is 7.01. The van der Waals surface area contributed by atoms with E-state index in [9.17, 15) is 9.90 Å². The van der Waals surface area contributed by atoms with E-state index < -0.39 is 5.60 Å². The minimum absolute atomic E-state index is 0.205. The zero-order chi connectivity index (χ0) is 8.65. The molecule has 1 aliphatic carbocycles. The van der Waals surface area contributed by atoms with Crippen LogP contribution < -0.4 is 0 Å². The Hall–Kier alpha value is -0.890. The Morgan fingerprint density at radius 2 is 2.00 bits per heavy atom. The lowest BCUT2D eigenvalue weighted by molar-refractivity contribution is -0.127. The van der Waals surface area contributed by atoms with Crippen LogP contribution in [0.4, 0.5) is 0 Å². The van der Waals surface area contributed by atoms with E-state index in [0.29, 0.717) is 5.57 Å². The van der Waals surface area contributed by atoms with Gasteiger partial charge in [-0.3, -0.25) is 4.79 Å². The van der Waals surface area contributed by atoms with Crippen LogP contribution in [0.25, 0.3) is 0 Å². The van der Waals surface area contributed by atoms with Gasteiger partial charge in [0.1, 0.15) is 5.60 Å². The SMILES string of the molecule is CC1=CC(C)(O)C(=O)C(C)=C1. The Morgan fingerprint density at radius 1 is 1.45 bits per heavy atom. The van der Waals surface area contributed by atoms with Crippen LogP contribution in [0.3, 0.4) is 0 Å². The lowest BCUT2D eigenvalue weighted by atomic mass is 9.88. The first-order valence-corrected chi connectivity index (χ1v) is 3.58. The fourth-order valence-electron chi connectivity index (χ4n) is 1.36. The number of carbonyl (C=O) groups excluding carboxylic acids is 1. The number of Topliss-reactive ketones (excluding diaryl/α,β-unsaturated/α-hetero) is 1. The Kier molecular flexibility index (Phi) is 1.72. The maximum absolute atomic E-state index is 11.2. The van der Waals surface area contributed by atoms with Crippen LogP contribution in [0, 0.1) is 0 Å². The van der Waals surface area contributed by atoms with Crippen LogP contribution in [0.2, 0.25) is 0 Å². The number of carbonyl (C=O) groups is 1. The van der Waals surface area contributed by atoms with E-state index in [4.69, 9.17) is 0 Å². The average Bonchev–Trinajstić information content (AvgIpc) is 1.81. The molecule has 0 fully saturated rings. The summed E-state index contributed by atoms with van der Waals surface area (Å²) >= 11 is 0. The summed E-state index contributed by atoms with van der Waals surface area (Å²) in [7, 11) is 0. The third kappa shape index (κ3) is 1.40. The van der Waals surface area contributed by atoms with Crippen LogP contribution in [0.5, 0.6) is 0 Å². The van der Waals surface area contributed by atoms with E-state index in [1.165, 1.54) is 6.92 Å². The van der Waals surface area contributed by atoms with Gasteiger partial charge in [-0.05, 0) is 32.4 Å². The molecule has 0 aliphatic heterocycles. The van der Waals surface area contributed by atoms with E-state index in [1.54, 1.807) is 19.1 Å². The second kappa shape index (κ2) is 2.31. The molecule has 0 heterocycles. The highest BCUT2D eigenvalue weighted by Gasteiger charge is 2.30. The van der Waals surface area contributed by atoms with Crippen LogP contribution in [-0.4, -0.2) is 16.5 Å². The minimum atomic E-state index is -1.29. The van der Waals surface area contributed by atoms with Crippen molar-refractivity contribution in [3.63, 3.8) is 0 Å². The number of ketones is 1. The normalized spacial score (nSPS) is 31.5. The fraction of sp³-hybridized carbons (Fsp3) is 0.444. The van der Waals surface area contributed by atoms with E-state index in [-0.39, 0.29) is 5.78 Å². The van der Waals surface area contributed by atoms with Crippen molar-refractivity contribution >= 4 is 5.78 Å². The van der Waals surface area contributed by atoms with Gasteiger partial charge in [-0.2, -0.15) is 0 Å². The van der Waals surface area contributed by atoms with Crippen LogP contribution in [0.15, 0.2) is 23.3 Å². The fourth-order valence-corrected chi connectivity index (χ4v) is 1.36. The lowest BCUT2D eigenvalue weighted by Gasteiger charge is -2.22. The van der Waals surface area contributed by atoms with Gasteiger partial charge in [0, 0.05) is 0 Å². The maximum Gasteiger partial charge on any atom is 0.193 e. The molecule has 11 heavy (non-hydrogen) atoms. The summed E-state index contributed by atoms with van der Waals surface area (Å²) in [5.41, 5.74) is 0.269. The van der Waals surface area contributed by atoms with Crippen molar-refractivity contribution in [1.82, 2.24) is 0 Å². The zero-order valence-electron chi connectivity index (χ0n) is 7.01. The molecule has 0 aromatic rings. The van der Waals surface area contributed by atoms with Gasteiger partial charge in [-0.15, -0.1) is 0 Å². The first-order valence-electron chi connectivity index (χ1n) is 3.58. The van der Waals surface area contributed by atoms with Crippen molar-refractivity contribution in [2.75, 3.05) is 0 Å². The number of hydrogen-bond acceptors (Lipinski definition) is 2. The standard InChI is InChI=1S/C9H12O2/c1-6-4-7(2)8(10)9(3,11)5-6/h4-5,11H,1-3H3. The van der Waals surface area contributed by atoms with Gasteiger partial charge < -0.3 is 5.11 Å². The van der Waals surface area contributed by atoms with Crippen LogP contribution in [-0.2, 0) is 4.79 Å². The first kappa shape index (κ1) is 8.21. The molecule has 2 heteroatoms. The summed E-state index contributed by atoms with van der Waals surface area (Å²) in [5, 5.41) is 9.52. The van der Waals surface area contributed by atoms with Crippen LogP contribution >= 0.6 is 0 Å². The summed E-state index contributed by atoms with van der Waals surface area (Å²) in [6, 6.07) is 0. The predicted octanol–water partition coefficient (Wildman–Crippen LogP) is 1.21. The predicted molar refractivity (Wildman–Crippen MR) is 43.1 cm³/mol. The molecular weight excluding hydrogens is 140 g/mol. The topological polar surface area (TPSA) is 37.3 Å². The molecule has 0 aromatic heterocycles. The van der Waals surface area contributed by atoms with Gasteiger partial charge in [0.25, 0.3) is 0 Å². The van der Waals surface area contributed by atoms with E-state index in [0.717, 1.165) is 5.57 Å². The van der Waals surface area contributed by atoms with Gasteiger partial charge in [-0.1, -0.05) is 11.6 Å². The molecule has 1 aliphatic rings. The largest absolute Gasteiger partial charge is 0.378 e. The van der Waals surface area contributed by atoms with Gasteiger partial charge in [0.05, 0.1) is 0 Å². The maximum atomic E-state index is 11.2. The van der Waals surface area contributed by atoms with Crippen molar-refractivity contribution in [3.8, 4) is 0 Å². The summed E-state index contributed by atoms with van der Waals surface area (Å²) in [6.45, 7) is 5.09.